The van der Waals surface area contributed by atoms with Gasteiger partial charge in [0.15, 0.2) is 0 Å². The average Bonchev–Trinajstić information content (AvgIpc) is 2.31. The molecule has 0 heterocycles. The van der Waals surface area contributed by atoms with Crippen molar-refractivity contribution in [2.75, 3.05) is 6.61 Å². The maximum atomic E-state index is 11.1. The van der Waals surface area contributed by atoms with Crippen LogP contribution in [0.4, 0.5) is 5.69 Å². The molecule has 0 atom stereocenters. The fourth-order valence-electron chi connectivity index (χ4n) is 1.38. The van der Waals surface area contributed by atoms with Crippen LogP contribution in [0.3, 0.4) is 0 Å². The number of carbonyl (C=O) groups excluding carboxylic acids is 1. The van der Waals surface area contributed by atoms with Gasteiger partial charge in [-0.1, -0.05) is 24.0 Å². The van der Waals surface area contributed by atoms with Crippen molar-refractivity contribution in [2.24, 2.45) is 0 Å². The van der Waals surface area contributed by atoms with E-state index in [1.165, 1.54) is 6.07 Å². The van der Waals surface area contributed by atoms with E-state index < -0.39 is 10.9 Å². The molecule has 0 saturated carbocycles. The second-order valence-electron chi connectivity index (χ2n) is 3.51. The van der Waals surface area contributed by atoms with Gasteiger partial charge in [-0.25, -0.2) is 0 Å². The van der Waals surface area contributed by atoms with Gasteiger partial charge in [0, 0.05) is 6.07 Å². The summed E-state index contributed by atoms with van der Waals surface area (Å²) < 4.78 is 4.71. The Hall–Kier alpha value is -2.35. The number of ether oxygens (including phenoxy) is 1. The summed E-state index contributed by atoms with van der Waals surface area (Å²) in [5.74, 6) is 4.82. The minimum Gasteiger partial charge on any atom is -0.465 e. The number of aryl methyl sites for hydroxylation is 1. The van der Waals surface area contributed by atoms with E-state index in [2.05, 4.69) is 11.8 Å². The summed E-state index contributed by atoms with van der Waals surface area (Å²) >= 11 is 0. The minimum atomic E-state index is -0.485. The lowest BCUT2D eigenvalue weighted by Gasteiger charge is -1.99. The highest BCUT2D eigenvalue weighted by Crippen LogP contribution is 2.20. The van der Waals surface area contributed by atoms with Crippen LogP contribution in [0, 0.1) is 28.9 Å². The quantitative estimate of drug-likeness (QED) is 0.355. The van der Waals surface area contributed by atoms with Gasteiger partial charge in [0.25, 0.3) is 5.69 Å². The Balaban J connectivity index is 2.94. The summed E-state index contributed by atoms with van der Waals surface area (Å²) in [7, 11) is 0. The van der Waals surface area contributed by atoms with E-state index in [1.807, 2.05) is 0 Å². The van der Waals surface area contributed by atoms with Crippen LogP contribution < -0.4 is 0 Å². The fraction of sp³-hybridized carbons (Fsp3) is 0.308. The first-order valence-corrected chi connectivity index (χ1v) is 5.44. The van der Waals surface area contributed by atoms with Gasteiger partial charge in [-0.2, -0.15) is 0 Å². The molecule has 1 aromatic rings. The van der Waals surface area contributed by atoms with Crippen molar-refractivity contribution in [3.63, 3.8) is 0 Å². The first-order valence-electron chi connectivity index (χ1n) is 5.44. The molecule has 0 radical (unpaired) electrons. The summed E-state index contributed by atoms with van der Waals surface area (Å²) in [6, 6.07) is 4.73. The predicted octanol–water partition coefficient (Wildman–Crippen LogP) is 2.21. The number of nitro benzene ring substituents is 1. The molecule has 0 N–H and O–H groups in total. The molecular formula is C13H13NO4. The Morgan fingerprint density at radius 1 is 1.50 bits per heavy atom. The van der Waals surface area contributed by atoms with E-state index in [0.29, 0.717) is 17.7 Å². The zero-order valence-corrected chi connectivity index (χ0v) is 10.2. The molecule has 5 heteroatoms. The van der Waals surface area contributed by atoms with E-state index in [0.717, 1.165) is 0 Å². The van der Waals surface area contributed by atoms with Crippen molar-refractivity contribution < 1.29 is 14.5 Å². The van der Waals surface area contributed by atoms with Crippen LogP contribution in [0.25, 0.3) is 0 Å². The largest absolute Gasteiger partial charge is 0.465 e. The lowest BCUT2D eigenvalue weighted by molar-refractivity contribution is -0.385. The smallest absolute Gasteiger partial charge is 0.317 e. The number of hydrogen-bond donors (Lipinski definition) is 0. The molecule has 1 aromatic carbocycles. The molecule has 18 heavy (non-hydrogen) atoms. The van der Waals surface area contributed by atoms with Gasteiger partial charge in [0.2, 0.25) is 0 Å². The topological polar surface area (TPSA) is 69.4 Å². The van der Waals surface area contributed by atoms with E-state index >= 15 is 0 Å². The standard InChI is InChI=1S/C13H13NO4/c1-3-18-13(15)9-5-7-11-10(2)6-4-8-12(11)14(16)17/h4,6,8H,3,9H2,1-2H3. The van der Waals surface area contributed by atoms with Crippen molar-refractivity contribution in [3.05, 3.63) is 39.4 Å². The van der Waals surface area contributed by atoms with Gasteiger partial charge in [-0.3, -0.25) is 14.9 Å². The van der Waals surface area contributed by atoms with Gasteiger partial charge in [0.1, 0.15) is 12.0 Å². The third-order valence-electron chi connectivity index (χ3n) is 2.20. The second kappa shape index (κ2) is 6.40. The third kappa shape index (κ3) is 3.59. The van der Waals surface area contributed by atoms with Gasteiger partial charge >= 0.3 is 5.97 Å². The molecule has 0 spiro atoms. The van der Waals surface area contributed by atoms with E-state index in [4.69, 9.17) is 4.74 Å². The normalized spacial score (nSPS) is 9.22. The van der Waals surface area contributed by atoms with E-state index in [-0.39, 0.29) is 12.1 Å². The van der Waals surface area contributed by atoms with Gasteiger partial charge < -0.3 is 4.74 Å². The molecule has 0 aliphatic heterocycles. The van der Waals surface area contributed by atoms with Gasteiger partial charge in [-0.15, -0.1) is 0 Å². The molecule has 0 amide bonds. The zero-order chi connectivity index (χ0) is 13.5. The maximum absolute atomic E-state index is 11.1. The van der Waals surface area contributed by atoms with Crippen LogP contribution in [-0.4, -0.2) is 17.5 Å². The van der Waals surface area contributed by atoms with Crippen molar-refractivity contribution in [1.82, 2.24) is 0 Å². The Bertz CT molecular complexity index is 526. The molecule has 0 saturated heterocycles. The SMILES string of the molecule is CCOC(=O)CC#Cc1c(C)cccc1[N+](=O)[O-]. The minimum absolute atomic E-state index is 0.0497. The number of esters is 1. The Morgan fingerprint density at radius 2 is 2.22 bits per heavy atom. The van der Waals surface area contributed by atoms with Crippen LogP contribution in [0.5, 0.6) is 0 Å². The summed E-state index contributed by atoms with van der Waals surface area (Å²) in [5, 5.41) is 10.8. The molecule has 0 unspecified atom stereocenters. The average molecular weight is 247 g/mol. The molecule has 1 rings (SSSR count). The van der Waals surface area contributed by atoms with Crippen LogP contribution in [0.2, 0.25) is 0 Å². The third-order valence-corrected chi connectivity index (χ3v) is 2.20. The first-order chi connectivity index (χ1) is 8.56. The molecule has 0 aliphatic carbocycles. The number of nitrogens with zero attached hydrogens (tertiary/aromatic N) is 1. The molecule has 94 valence electrons. The lowest BCUT2D eigenvalue weighted by Crippen LogP contribution is -2.01. The van der Waals surface area contributed by atoms with E-state index in [9.17, 15) is 14.9 Å². The number of carbonyl (C=O) groups is 1. The van der Waals surface area contributed by atoms with Gasteiger partial charge in [-0.05, 0) is 19.4 Å². The highest BCUT2D eigenvalue weighted by molar-refractivity contribution is 5.72. The second-order valence-corrected chi connectivity index (χ2v) is 3.51. The molecule has 5 nitrogen and oxygen atoms in total. The molecule has 0 aliphatic rings. The predicted molar refractivity (Wildman–Crippen MR) is 66.0 cm³/mol. The lowest BCUT2D eigenvalue weighted by atomic mass is 10.1. The van der Waals surface area contributed by atoms with Crippen molar-refractivity contribution in [1.29, 1.82) is 0 Å². The number of rotatable bonds is 3. The molecule has 0 aromatic heterocycles. The zero-order valence-electron chi connectivity index (χ0n) is 10.2. The summed E-state index contributed by atoms with van der Waals surface area (Å²) in [4.78, 5) is 21.4. The molecule has 0 fully saturated rings. The van der Waals surface area contributed by atoms with Gasteiger partial charge in [0.05, 0.1) is 11.5 Å². The fourth-order valence-corrected chi connectivity index (χ4v) is 1.38. The Kier molecular flexibility index (Phi) is 4.88. The monoisotopic (exact) mass is 247 g/mol. The Labute approximate surface area is 105 Å². The maximum Gasteiger partial charge on any atom is 0.317 e. The summed E-state index contributed by atoms with van der Waals surface area (Å²) in [6.07, 6.45) is -0.0701. The van der Waals surface area contributed by atoms with Crippen LogP contribution in [-0.2, 0) is 9.53 Å². The van der Waals surface area contributed by atoms with Crippen LogP contribution in [0.1, 0.15) is 24.5 Å². The first kappa shape index (κ1) is 13.7. The number of hydrogen-bond acceptors (Lipinski definition) is 4. The van der Waals surface area contributed by atoms with Crippen molar-refractivity contribution in [2.45, 2.75) is 20.3 Å². The van der Waals surface area contributed by atoms with E-state index in [1.54, 1.807) is 26.0 Å². The van der Waals surface area contributed by atoms with Crippen molar-refractivity contribution in [3.8, 4) is 11.8 Å². The Morgan fingerprint density at radius 3 is 2.83 bits per heavy atom. The van der Waals surface area contributed by atoms with Crippen LogP contribution >= 0.6 is 0 Å². The summed E-state index contributed by atoms with van der Waals surface area (Å²) in [5.41, 5.74) is 0.999. The summed E-state index contributed by atoms with van der Waals surface area (Å²) in [6.45, 7) is 3.74. The van der Waals surface area contributed by atoms with Crippen LogP contribution in [0.15, 0.2) is 18.2 Å². The highest BCUT2D eigenvalue weighted by atomic mass is 16.6. The number of nitro groups is 1. The highest BCUT2D eigenvalue weighted by Gasteiger charge is 2.13. The van der Waals surface area contributed by atoms with Crippen molar-refractivity contribution >= 4 is 11.7 Å². The molecular weight excluding hydrogens is 234 g/mol. The number of benzene rings is 1. The molecule has 0 bridgehead atoms.